The molecule has 1 aromatic carbocycles. The number of amides is 2. The first-order valence-electron chi connectivity index (χ1n) is 14.9. The molecule has 1 fully saturated rings. The lowest BCUT2D eigenvalue weighted by Crippen LogP contribution is -2.57. The van der Waals surface area contributed by atoms with Crippen molar-refractivity contribution in [3.63, 3.8) is 0 Å². The molecular formula is C32H36FN7O3S. The lowest BCUT2D eigenvalue weighted by Gasteiger charge is -2.40. The number of fused-ring (bicyclic) bond motifs is 1. The monoisotopic (exact) mass is 617 g/mol. The van der Waals surface area contributed by atoms with Gasteiger partial charge in [-0.05, 0) is 75.1 Å². The van der Waals surface area contributed by atoms with Crippen molar-refractivity contribution < 1.29 is 14.0 Å². The standard InChI is InChI=1S/C32H36FN7O3S/c1-18-9-11-21(27(33)28(18)36-30(41)25-15-19-7-5-6-8-24(19)44-25)22-16-23(31(42)40(4)37-22)35-26-12-10-20(17-34-26)29-32(43)39(3)14-13-38(29)2/h9-12,15-16,20,29H,5-8,13-14,17H2,1-4H3,(H,34,35)(H,36,41). The van der Waals surface area contributed by atoms with Gasteiger partial charge in [-0.15, -0.1) is 11.3 Å². The smallest absolute Gasteiger partial charge is 0.290 e. The number of amidine groups is 1. The van der Waals surface area contributed by atoms with E-state index in [1.807, 2.05) is 26.2 Å². The summed E-state index contributed by atoms with van der Waals surface area (Å²) >= 11 is 1.47. The molecule has 2 N–H and O–H groups in total. The molecule has 2 aliphatic heterocycles. The molecule has 2 amide bonds. The third-order valence-electron chi connectivity index (χ3n) is 8.68. The Morgan fingerprint density at radius 2 is 1.89 bits per heavy atom. The van der Waals surface area contributed by atoms with E-state index in [-0.39, 0.29) is 46.4 Å². The van der Waals surface area contributed by atoms with Crippen molar-refractivity contribution in [1.82, 2.24) is 19.6 Å². The van der Waals surface area contributed by atoms with Gasteiger partial charge in [-0.2, -0.15) is 5.10 Å². The van der Waals surface area contributed by atoms with E-state index in [0.29, 0.717) is 29.4 Å². The number of hydrogen-bond acceptors (Lipinski definition) is 8. The summed E-state index contributed by atoms with van der Waals surface area (Å²) in [6.07, 6.45) is 7.89. The number of thiophene rings is 1. The van der Waals surface area contributed by atoms with Gasteiger partial charge in [-0.3, -0.25) is 24.3 Å². The number of nitrogens with one attached hydrogen (secondary N) is 2. The number of aromatic nitrogens is 2. The van der Waals surface area contributed by atoms with Crippen molar-refractivity contribution in [3.8, 4) is 11.3 Å². The van der Waals surface area contributed by atoms with E-state index in [0.717, 1.165) is 36.9 Å². The third kappa shape index (κ3) is 5.71. The van der Waals surface area contributed by atoms with Gasteiger partial charge in [0.15, 0.2) is 5.82 Å². The number of aliphatic imine (C=N–C) groups is 1. The number of benzene rings is 1. The predicted molar refractivity (Wildman–Crippen MR) is 171 cm³/mol. The van der Waals surface area contributed by atoms with Crippen LogP contribution in [-0.4, -0.2) is 77.0 Å². The molecule has 10 nitrogen and oxygen atoms in total. The van der Waals surface area contributed by atoms with E-state index >= 15 is 4.39 Å². The van der Waals surface area contributed by atoms with Gasteiger partial charge >= 0.3 is 0 Å². The number of hydrogen-bond donors (Lipinski definition) is 2. The minimum absolute atomic E-state index is 0.0674. The van der Waals surface area contributed by atoms with Crippen LogP contribution in [0.2, 0.25) is 0 Å². The molecule has 3 aliphatic rings. The number of rotatable bonds is 5. The number of aryl methyl sites for hydroxylation is 4. The average molecular weight is 618 g/mol. The maximum atomic E-state index is 16.0. The van der Waals surface area contributed by atoms with Gasteiger partial charge in [0.1, 0.15) is 11.5 Å². The van der Waals surface area contributed by atoms with Crippen molar-refractivity contribution in [2.24, 2.45) is 18.0 Å². The van der Waals surface area contributed by atoms with Crippen LogP contribution in [0.4, 0.5) is 15.8 Å². The highest BCUT2D eigenvalue weighted by atomic mass is 32.1. The molecule has 2 unspecified atom stereocenters. The summed E-state index contributed by atoms with van der Waals surface area (Å²) in [5.41, 5.74) is 2.03. The van der Waals surface area contributed by atoms with Crippen molar-refractivity contribution in [1.29, 1.82) is 0 Å². The fraction of sp³-hybridized carbons (Fsp3) is 0.406. The molecule has 0 radical (unpaired) electrons. The Morgan fingerprint density at radius 3 is 2.64 bits per heavy atom. The van der Waals surface area contributed by atoms with E-state index in [1.165, 1.54) is 34.9 Å². The Kier molecular flexibility index (Phi) is 8.21. The first kappa shape index (κ1) is 29.9. The van der Waals surface area contributed by atoms with Gasteiger partial charge in [0, 0.05) is 50.1 Å². The Hall–Kier alpha value is -4.16. The zero-order valence-electron chi connectivity index (χ0n) is 25.3. The van der Waals surface area contributed by atoms with Crippen molar-refractivity contribution >= 4 is 40.4 Å². The Bertz CT molecular complexity index is 1740. The quantitative estimate of drug-likeness (QED) is 0.450. The second-order valence-corrected chi connectivity index (χ2v) is 12.9. The largest absolute Gasteiger partial charge is 0.343 e. The second kappa shape index (κ2) is 12.1. The van der Waals surface area contributed by atoms with Crippen LogP contribution in [0, 0.1) is 18.7 Å². The summed E-state index contributed by atoms with van der Waals surface area (Å²) in [7, 11) is 5.25. The van der Waals surface area contributed by atoms with E-state index in [4.69, 9.17) is 0 Å². The Balaban J connectivity index is 1.23. The van der Waals surface area contributed by atoms with E-state index < -0.39 is 11.4 Å². The van der Waals surface area contributed by atoms with E-state index in [9.17, 15) is 14.4 Å². The highest BCUT2D eigenvalue weighted by Gasteiger charge is 2.36. The molecule has 3 aromatic rings. The third-order valence-corrected chi connectivity index (χ3v) is 9.92. The summed E-state index contributed by atoms with van der Waals surface area (Å²) in [5, 5.41) is 10.2. The van der Waals surface area contributed by atoms with Crippen molar-refractivity contribution in [3.05, 3.63) is 73.5 Å². The molecule has 2 aromatic heterocycles. The van der Waals surface area contributed by atoms with Crippen LogP contribution in [0.5, 0.6) is 0 Å². The molecule has 0 saturated carbocycles. The summed E-state index contributed by atoms with van der Waals surface area (Å²) in [4.78, 5) is 49.2. The second-order valence-electron chi connectivity index (χ2n) is 11.8. The molecule has 2 atom stereocenters. The van der Waals surface area contributed by atoms with E-state index in [1.54, 1.807) is 30.0 Å². The highest BCUT2D eigenvalue weighted by Crippen LogP contribution is 2.33. The molecule has 0 spiro atoms. The normalized spacial score (nSPS) is 20.3. The lowest BCUT2D eigenvalue weighted by molar-refractivity contribution is -0.140. The molecule has 0 bridgehead atoms. The minimum atomic E-state index is -0.624. The number of anilines is 2. The topological polar surface area (TPSA) is 112 Å². The Labute approximate surface area is 259 Å². The molecule has 6 rings (SSSR count). The van der Waals surface area contributed by atoms with Crippen LogP contribution in [0.1, 0.15) is 38.5 Å². The highest BCUT2D eigenvalue weighted by molar-refractivity contribution is 7.14. The zero-order valence-corrected chi connectivity index (χ0v) is 26.1. The number of dihydropyridines is 1. The van der Waals surface area contributed by atoms with Gasteiger partial charge in [0.2, 0.25) is 5.91 Å². The van der Waals surface area contributed by atoms with Crippen LogP contribution in [-0.2, 0) is 24.7 Å². The SMILES string of the molecule is Cc1ccc(-c2cc(NC3=NCC(C4C(=O)N(C)CCN4C)C=C3)c(=O)n(C)n2)c(F)c1NC(=O)c1cc2c(s1)CCCC2. The number of carbonyl (C=O) groups excluding carboxylic acids is 2. The number of nitrogens with zero attached hydrogens (tertiary/aromatic N) is 5. The van der Waals surface area contributed by atoms with Gasteiger partial charge in [0.05, 0.1) is 22.3 Å². The first-order chi connectivity index (χ1) is 21.1. The van der Waals surface area contributed by atoms with Crippen LogP contribution in [0.3, 0.4) is 0 Å². The molecule has 44 heavy (non-hydrogen) atoms. The van der Waals surface area contributed by atoms with Crippen LogP contribution in [0.15, 0.2) is 46.2 Å². The Morgan fingerprint density at radius 1 is 1.09 bits per heavy atom. The molecule has 4 heterocycles. The van der Waals surface area contributed by atoms with Crippen molar-refractivity contribution in [2.45, 2.75) is 38.6 Å². The van der Waals surface area contributed by atoms with Crippen LogP contribution in [0.25, 0.3) is 11.3 Å². The van der Waals surface area contributed by atoms with Gasteiger partial charge in [0.25, 0.3) is 11.5 Å². The maximum absolute atomic E-state index is 16.0. The van der Waals surface area contributed by atoms with Crippen molar-refractivity contribution in [2.75, 3.05) is 44.4 Å². The molecule has 1 saturated heterocycles. The fourth-order valence-electron chi connectivity index (χ4n) is 6.07. The molecular weight excluding hydrogens is 581 g/mol. The van der Waals surface area contributed by atoms with Gasteiger partial charge in [-0.1, -0.05) is 12.1 Å². The first-order valence-corrected chi connectivity index (χ1v) is 15.7. The summed E-state index contributed by atoms with van der Waals surface area (Å²) in [6, 6.07) is 6.44. The molecule has 12 heteroatoms. The summed E-state index contributed by atoms with van der Waals surface area (Å²) in [6.45, 7) is 3.60. The number of likely N-dealkylation sites (N-methyl/N-ethyl adjacent to an activating group) is 2. The summed E-state index contributed by atoms with van der Waals surface area (Å²) < 4.78 is 17.2. The molecule has 230 valence electrons. The minimum Gasteiger partial charge on any atom is -0.343 e. The predicted octanol–water partition coefficient (Wildman–Crippen LogP) is 3.86. The maximum Gasteiger partial charge on any atom is 0.290 e. The number of halogens is 1. The van der Waals surface area contributed by atoms with Crippen LogP contribution >= 0.6 is 11.3 Å². The van der Waals surface area contributed by atoms with Gasteiger partial charge in [-0.25, -0.2) is 9.07 Å². The average Bonchev–Trinajstić information content (AvgIpc) is 3.45. The lowest BCUT2D eigenvalue weighted by atomic mass is 9.93. The number of carbonyl (C=O) groups is 2. The fourth-order valence-corrected chi connectivity index (χ4v) is 7.22. The molecule has 1 aliphatic carbocycles. The summed E-state index contributed by atoms with van der Waals surface area (Å²) in [5.74, 6) is -0.525. The van der Waals surface area contributed by atoms with E-state index in [2.05, 4.69) is 25.6 Å². The van der Waals surface area contributed by atoms with Crippen LogP contribution < -0.4 is 16.2 Å². The number of piperazine rings is 1. The zero-order chi connectivity index (χ0) is 31.1. The van der Waals surface area contributed by atoms with Gasteiger partial charge < -0.3 is 15.5 Å².